The topological polar surface area (TPSA) is 51.2 Å². The normalized spacial score (nSPS) is 12.9. The molecule has 15 heavy (non-hydrogen) atoms. The van der Waals surface area contributed by atoms with Gasteiger partial charge in [0.05, 0.1) is 6.26 Å². The van der Waals surface area contributed by atoms with Crippen LogP contribution in [0.2, 0.25) is 0 Å². The Balaban J connectivity index is 1.97. The summed E-state index contributed by atoms with van der Waals surface area (Å²) >= 11 is 0. The van der Waals surface area contributed by atoms with Crippen molar-refractivity contribution >= 4 is 0 Å². The molecule has 1 unspecified atom stereocenters. The van der Waals surface area contributed by atoms with Crippen molar-refractivity contribution in [2.75, 3.05) is 13.1 Å². The Morgan fingerprint density at radius 3 is 3.07 bits per heavy atom. The molecule has 3 nitrogen and oxygen atoms in total. The maximum atomic E-state index is 5.93. The number of nitrogens with one attached hydrogen (secondary N) is 1. The van der Waals surface area contributed by atoms with Gasteiger partial charge in [-0.25, -0.2) is 0 Å². The van der Waals surface area contributed by atoms with E-state index in [0.717, 1.165) is 31.7 Å². The van der Waals surface area contributed by atoms with Gasteiger partial charge in [0.1, 0.15) is 5.76 Å². The molecule has 0 saturated heterocycles. The number of hydrogen-bond acceptors (Lipinski definition) is 3. The summed E-state index contributed by atoms with van der Waals surface area (Å²) in [5.74, 6) is 1.03. The van der Waals surface area contributed by atoms with Gasteiger partial charge in [0.2, 0.25) is 0 Å². The van der Waals surface area contributed by atoms with Crippen LogP contribution in [0.3, 0.4) is 0 Å². The number of hydrogen-bond donors (Lipinski definition) is 2. The molecule has 0 aliphatic heterocycles. The van der Waals surface area contributed by atoms with Crippen LogP contribution in [0.4, 0.5) is 0 Å². The number of nitrogens with two attached hydrogens (primary N) is 1. The van der Waals surface area contributed by atoms with E-state index in [9.17, 15) is 0 Å². The smallest absolute Gasteiger partial charge is 0.105 e. The zero-order valence-corrected chi connectivity index (χ0v) is 9.54. The third-order valence-corrected chi connectivity index (χ3v) is 2.46. The predicted molar refractivity (Wildman–Crippen MR) is 62.8 cm³/mol. The van der Waals surface area contributed by atoms with E-state index in [-0.39, 0.29) is 0 Å². The molecule has 3 N–H and O–H groups in total. The molecule has 0 aliphatic rings. The zero-order chi connectivity index (χ0) is 10.9. The van der Waals surface area contributed by atoms with Crippen molar-refractivity contribution in [3.05, 3.63) is 24.2 Å². The van der Waals surface area contributed by atoms with Crippen LogP contribution in [0.25, 0.3) is 0 Å². The van der Waals surface area contributed by atoms with Gasteiger partial charge in [-0.1, -0.05) is 19.8 Å². The summed E-state index contributed by atoms with van der Waals surface area (Å²) < 4.78 is 5.23. The number of furan rings is 1. The second kappa shape index (κ2) is 7.49. The quantitative estimate of drug-likeness (QED) is 0.645. The lowest BCUT2D eigenvalue weighted by Crippen LogP contribution is -2.34. The third-order valence-electron chi connectivity index (χ3n) is 2.46. The Bertz CT molecular complexity index is 234. The van der Waals surface area contributed by atoms with Crippen molar-refractivity contribution in [2.24, 2.45) is 5.73 Å². The van der Waals surface area contributed by atoms with Crippen LogP contribution in [0, 0.1) is 0 Å². The van der Waals surface area contributed by atoms with Crippen LogP contribution >= 0.6 is 0 Å². The summed E-state index contributed by atoms with van der Waals surface area (Å²) in [6.07, 6.45) is 6.21. The summed E-state index contributed by atoms with van der Waals surface area (Å²) in [7, 11) is 0. The SMILES string of the molecule is CCCCC(N)CNCCc1ccco1. The van der Waals surface area contributed by atoms with Gasteiger partial charge in [-0.2, -0.15) is 0 Å². The summed E-state index contributed by atoms with van der Waals surface area (Å²) in [4.78, 5) is 0. The molecule has 3 heteroatoms. The lowest BCUT2D eigenvalue weighted by molar-refractivity contribution is 0.483. The standard InChI is InChI=1S/C12H22N2O/c1-2-3-5-11(13)10-14-8-7-12-6-4-9-15-12/h4,6,9,11,14H,2-3,5,7-8,10,13H2,1H3. The van der Waals surface area contributed by atoms with Gasteiger partial charge in [-0.15, -0.1) is 0 Å². The highest BCUT2D eigenvalue weighted by Crippen LogP contribution is 2.00. The van der Waals surface area contributed by atoms with E-state index in [1.54, 1.807) is 6.26 Å². The highest BCUT2D eigenvalue weighted by Gasteiger charge is 2.01. The average molecular weight is 210 g/mol. The molecule has 1 aromatic heterocycles. The van der Waals surface area contributed by atoms with E-state index >= 15 is 0 Å². The molecule has 86 valence electrons. The Labute approximate surface area is 92.0 Å². The molecule has 0 spiro atoms. The van der Waals surface area contributed by atoms with Gasteiger partial charge in [0, 0.05) is 25.6 Å². The third kappa shape index (κ3) is 5.60. The van der Waals surface area contributed by atoms with Crippen molar-refractivity contribution in [3.63, 3.8) is 0 Å². The van der Waals surface area contributed by atoms with E-state index in [0.29, 0.717) is 6.04 Å². The largest absolute Gasteiger partial charge is 0.469 e. The van der Waals surface area contributed by atoms with E-state index in [4.69, 9.17) is 10.2 Å². The van der Waals surface area contributed by atoms with Crippen molar-refractivity contribution in [1.29, 1.82) is 0 Å². The Hall–Kier alpha value is -0.800. The van der Waals surface area contributed by atoms with E-state index in [1.807, 2.05) is 12.1 Å². The summed E-state index contributed by atoms with van der Waals surface area (Å²) in [5.41, 5.74) is 5.93. The molecular weight excluding hydrogens is 188 g/mol. The Morgan fingerprint density at radius 1 is 1.53 bits per heavy atom. The maximum absolute atomic E-state index is 5.93. The lowest BCUT2D eigenvalue weighted by atomic mass is 10.1. The van der Waals surface area contributed by atoms with Gasteiger partial charge >= 0.3 is 0 Å². The van der Waals surface area contributed by atoms with Crippen LogP contribution in [-0.4, -0.2) is 19.1 Å². The Morgan fingerprint density at radius 2 is 2.40 bits per heavy atom. The minimum Gasteiger partial charge on any atom is -0.469 e. The summed E-state index contributed by atoms with van der Waals surface area (Å²) in [6.45, 7) is 4.03. The first-order chi connectivity index (χ1) is 7.33. The van der Waals surface area contributed by atoms with Gasteiger partial charge in [-0.05, 0) is 18.6 Å². The van der Waals surface area contributed by atoms with Crippen LogP contribution < -0.4 is 11.1 Å². The number of unbranched alkanes of at least 4 members (excludes halogenated alkanes) is 1. The molecule has 0 aliphatic carbocycles. The molecule has 0 fully saturated rings. The Kier molecular flexibility index (Phi) is 6.12. The second-order valence-corrected chi connectivity index (χ2v) is 3.94. The summed E-state index contributed by atoms with van der Waals surface area (Å²) in [5, 5.41) is 3.35. The van der Waals surface area contributed by atoms with E-state index < -0.39 is 0 Å². The molecule has 0 radical (unpaired) electrons. The molecular formula is C12H22N2O. The minimum absolute atomic E-state index is 0.293. The molecule has 1 heterocycles. The van der Waals surface area contributed by atoms with E-state index in [1.165, 1.54) is 12.8 Å². The fraction of sp³-hybridized carbons (Fsp3) is 0.667. The first-order valence-corrected chi connectivity index (χ1v) is 5.81. The van der Waals surface area contributed by atoms with Crippen molar-refractivity contribution < 1.29 is 4.42 Å². The second-order valence-electron chi connectivity index (χ2n) is 3.94. The van der Waals surface area contributed by atoms with Crippen molar-refractivity contribution in [3.8, 4) is 0 Å². The van der Waals surface area contributed by atoms with Crippen molar-refractivity contribution in [2.45, 2.75) is 38.6 Å². The number of rotatable bonds is 8. The van der Waals surface area contributed by atoms with Gasteiger partial charge in [0.15, 0.2) is 0 Å². The van der Waals surface area contributed by atoms with Gasteiger partial charge in [-0.3, -0.25) is 0 Å². The fourth-order valence-electron chi connectivity index (χ4n) is 1.52. The van der Waals surface area contributed by atoms with E-state index in [2.05, 4.69) is 12.2 Å². The van der Waals surface area contributed by atoms with Crippen LogP contribution in [0.5, 0.6) is 0 Å². The fourth-order valence-corrected chi connectivity index (χ4v) is 1.52. The first kappa shape index (κ1) is 12.3. The molecule has 0 amide bonds. The molecule has 0 saturated carbocycles. The summed E-state index contributed by atoms with van der Waals surface area (Å²) in [6, 6.07) is 4.21. The van der Waals surface area contributed by atoms with Crippen molar-refractivity contribution in [1.82, 2.24) is 5.32 Å². The zero-order valence-electron chi connectivity index (χ0n) is 9.54. The highest BCUT2D eigenvalue weighted by molar-refractivity contribution is 4.98. The van der Waals surface area contributed by atoms with Crippen LogP contribution in [-0.2, 0) is 6.42 Å². The van der Waals surface area contributed by atoms with Crippen LogP contribution in [0.15, 0.2) is 22.8 Å². The molecule has 0 bridgehead atoms. The molecule has 1 atom stereocenters. The lowest BCUT2D eigenvalue weighted by Gasteiger charge is -2.11. The maximum Gasteiger partial charge on any atom is 0.105 e. The highest BCUT2D eigenvalue weighted by atomic mass is 16.3. The van der Waals surface area contributed by atoms with Crippen LogP contribution in [0.1, 0.15) is 31.9 Å². The predicted octanol–water partition coefficient (Wildman–Crippen LogP) is 1.93. The van der Waals surface area contributed by atoms with Gasteiger partial charge < -0.3 is 15.5 Å². The molecule has 1 rings (SSSR count). The average Bonchev–Trinajstić information content (AvgIpc) is 2.74. The van der Waals surface area contributed by atoms with Gasteiger partial charge in [0.25, 0.3) is 0 Å². The molecule has 1 aromatic rings. The first-order valence-electron chi connectivity index (χ1n) is 5.81. The molecule has 0 aromatic carbocycles. The monoisotopic (exact) mass is 210 g/mol. The minimum atomic E-state index is 0.293.